The highest BCUT2D eigenvalue weighted by molar-refractivity contribution is 5.80. The van der Waals surface area contributed by atoms with Crippen molar-refractivity contribution in [1.29, 1.82) is 0 Å². The molecule has 11 heteroatoms. The number of hydrogen-bond donors (Lipinski definition) is 0. The van der Waals surface area contributed by atoms with Crippen LogP contribution in [0.1, 0.15) is 62.1 Å². The Balaban J connectivity index is 1.48. The summed E-state index contributed by atoms with van der Waals surface area (Å²) in [4.78, 5) is 20.4. The lowest BCUT2D eigenvalue weighted by Gasteiger charge is -2.41. The largest absolute Gasteiger partial charge is 0.489 e. The van der Waals surface area contributed by atoms with Crippen LogP contribution in [0.25, 0.3) is 11.5 Å². The van der Waals surface area contributed by atoms with Gasteiger partial charge < -0.3 is 23.8 Å². The number of carbonyl (C=O) groups is 1. The zero-order valence-electron chi connectivity index (χ0n) is 26.7. The van der Waals surface area contributed by atoms with Crippen molar-refractivity contribution in [3.05, 3.63) is 77.3 Å². The van der Waals surface area contributed by atoms with Crippen molar-refractivity contribution in [2.75, 3.05) is 44.9 Å². The van der Waals surface area contributed by atoms with Gasteiger partial charge in [0.2, 0.25) is 0 Å². The minimum absolute atomic E-state index is 0.226. The standard InChI is InChI=1S/C34H42N6O5/c1-23(2)22-44-31(33(41)42-5)30-24(3)36-28-19-29-37-40(28)32(30)38-14-12-34(4,13-15-38)45-17-9-8-16-43-27-11-7-6-10-26(27)18-25-20-35-39(29)21-25/h6-11,19-21,23,31H,12-18,22H2,1-5H3. The topological polar surface area (TPSA) is 105 Å². The van der Waals surface area contributed by atoms with E-state index >= 15 is 0 Å². The summed E-state index contributed by atoms with van der Waals surface area (Å²) in [6.07, 6.45) is 9.15. The van der Waals surface area contributed by atoms with Gasteiger partial charge in [-0.05, 0) is 55.9 Å². The molecule has 238 valence electrons. The summed E-state index contributed by atoms with van der Waals surface area (Å²) in [5.41, 5.74) is 3.81. The third kappa shape index (κ3) is 6.60. The third-order valence-electron chi connectivity index (χ3n) is 8.45. The van der Waals surface area contributed by atoms with Gasteiger partial charge >= 0.3 is 5.97 Å². The van der Waals surface area contributed by atoms with E-state index in [4.69, 9.17) is 29.0 Å². The molecule has 3 aliphatic heterocycles. The molecule has 1 fully saturated rings. The first kappa shape index (κ1) is 30.8. The molecule has 0 radical (unpaired) electrons. The quantitative estimate of drug-likeness (QED) is 0.226. The number of rotatable bonds is 5. The number of para-hydroxylation sites is 1. The summed E-state index contributed by atoms with van der Waals surface area (Å²) in [5.74, 6) is 2.00. The molecule has 6 bridgehead atoms. The van der Waals surface area contributed by atoms with E-state index in [0.717, 1.165) is 35.5 Å². The molecule has 1 aromatic carbocycles. The maximum absolute atomic E-state index is 13.2. The van der Waals surface area contributed by atoms with E-state index in [9.17, 15) is 4.79 Å². The Labute approximate surface area is 263 Å². The number of aryl methyl sites for hydroxylation is 1. The molecular formula is C34H42N6O5. The Kier molecular flexibility index (Phi) is 8.91. The van der Waals surface area contributed by atoms with Gasteiger partial charge in [-0.1, -0.05) is 38.1 Å². The predicted molar refractivity (Wildman–Crippen MR) is 170 cm³/mol. The van der Waals surface area contributed by atoms with Crippen LogP contribution in [-0.2, 0) is 25.4 Å². The number of benzene rings is 1. The number of nitrogens with zero attached hydrogens (tertiary/aromatic N) is 6. The monoisotopic (exact) mass is 614 g/mol. The Morgan fingerprint density at radius 1 is 1.13 bits per heavy atom. The number of anilines is 1. The smallest absolute Gasteiger partial charge is 0.339 e. The molecule has 0 saturated carbocycles. The van der Waals surface area contributed by atoms with Crippen LogP contribution in [0.5, 0.6) is 5.75 Å². The van der Waals surface area contributed by atoms with Crippen LogP contribution in [0, 0.1) is 12.8 Å². The Morgan fingerprint density at radius 3 is 2.69 bits per heavy atom. The van der Waals surface area contributed by atoms with Crippen molar-refractivity contribution in [3.63, 3.8) is 0 Å². The van der Waals surface area contributed by atoms with Crippen LogP contribution in [0.2, 0.25) is 0 Å². The van der Waals surface area contributed by atoms with Crippen molar-refractivity contribution < 1.29 is 23.7 Å². The molecule has 11 nitrogen and oxygen atoms in total. The van der Waals surface area contributed by atoms with E-state index in [1.807, 2.05) is 60.3 Å². The average molecular weight is 615 g/mol. The molecule has 0 amide bonds. The first-order chi connectivity index (χ1) is 21.7. The fourth-order valence-electron chi connectivity index (χ4n) is 5.94. The summed E-state index contributed by atoms with van der Waals surface area (Å²) < 4.78 is 27.6. The minimum Gasteiger partial charge on any atom is -0.489 e. The Hall–Kier alpha value is -4.22. The van der Waals surface area contributed by atoms with Crippen molar-refractivity contribution >= 4 is 17.4 Å². The maximum atomic E-state index is 13.2. The predicted octanol–water partition coefficient (Wildman–Crippen LogP) is 5.03. The molecule has 3 aliphatic rings. The second kappa shape index (κ2) is 13.0. The highest BCUT2D eigenvalue weighted by Gasteiger charge is 2.37. The van der Waals surface area contributed by atoms with E-state index in [2.05, 4.69) is 36.8 Å². The van der Waals surface area contributed by atoms with Gasteiger partial charge in [0.15, 0.2) is 17.6 Å². The van der Waals surface area contributed by atoms with Crippen LogP contribution in [0.4, 0.5) is 5.82 Å². The van der Waals surface area contributed by atoms with Crippen LogP contribution >= 0.6 is 0 Å². The molecule has 7 rings (SSSR count). The average Bonchev–Trinajstić information content (AvgIpc) is 3.66. The number of fused-ring (bicyclic) bond motifs is 6. The fraction of sp³-hybridized carbons (Fsp3) is 0.471. The molecular weight excluding hydrogens is 572 g/mol. The maximum Gasteiger partial charge on any atom is 0.339 e. The van der Waals surface area contributed by atoms with Crippen LogP contribution < -0.4 is 9.64 Å². The molecule has 3 aromatic heterocycles. The molecule has 4 aromatic rings. The number of piperidine rings is 1. The number of aromatic nitrogens is 5. The van der Waals surface area contributed by atoms with Crippen LogP contribution in [-0.4, -0.2) is 76.0 Å². The first-order valence-corrected chi connectivity index (χ1v) is 15.6. The highest BCUT2D eigenvalue weighted by atomic mass is 16.6. The number of esters is 1. The van der Waals surface area contributed by atoms with E-state index in [-0.39, 0.29) is 11.5 Å². The van der Waals surface area contributed by atoms with Gasteiger partial charge in [0.1, 0.15) is 18.2 Å². The summed E-state index contributed by atoms with van der Waals surface area (Å²) >= 11 is 0. The molecule has 45 heavy (non-hydrogen) atoms. The number of hydrogen-bond acceptors (Lipinski definition) is 9. The second-order valence-corrected chi connectivity index (χ2v) is 12.4. The molecule has 6 heterocycles. The number of carbonyl (C=O) groups excluding carboxylic acids is 1. The van der Waals surface area contributed by atoms with Gasteiger partial charge in [0.05, 0.1) is 37.7 Å². The minimum atomic E-state index is -0.948. The number of ether oxygens (including phenoxy) is 4. The van der Waals surface area contributed by atoms with Gasteiger partial charge in [0.25, 0.3) is 0 Å². The van der Waals surface area contributed by atoms with E-state index < -0.39 is 12.1 Å². The Bertz CT molecular complexity index is 1680. The zero-order valence-corrected chi connectivity index (χ0v) is 26.7. The van der Waals surface area contributed by atoms with Crippen molar-refractivity contribution in [3.8, 4) is 11.6 Å². The van der Waals surface area contributed by atoms with Crippen molar-refractivity contribution in [2.45, 2.75) is 58.7 Å². The van der Waals surface area contributed by atoms with E-state index in [1.54, 1.807) is 4.68 Å². The third-order valence-corrected chi connectivity index (χ3v) is 8.45. The SMILES string of the molecule is COC(=O)C(OCC(C)C)c1c(C)nc2cc3nn2c1N1CCC(C)(CC1)OCC=CCOc1ccccc1Cc1cnn-3c1. The lowest BCUT2D eigenvalue weighted by atomic mass is 9.92. The molecule has 1 unspecified atom stereocenters. The molecule has 1 atom stereocenters. The molecule has 0 N–H and O–H groups in total. The van der Waals surface area contributed by atoms with Gasteiger partial charge in [-0.15, -0.1) is 5.10 Å². The summed E-state index contributed by atoms with van der Waals surface area (Å²) in [5, 5.41) is 9.67. The number of methoxy groups -OCH3 is 1. The molecule has 0 spiro atoms. The summed E-state index contributed by atoms with van der Waals surface area (Å²) in [7, 11) is 1.39. The van der Waals surface area contributed by atoms with Crippen molar-refractivity contribution in [1.82, 2.24) is 24.4 Å². The zero-order chi connectivity index (χ0) is 31.6. The second-order valence-electron chi connectivity index (χ2n) is 12.4. The van der Waals surface area contributed by atoms with E-state index in [0.29, 0.717) is 62.1 Å². The highest BCUT2D eigenvalue weighted by Crippen LogP contribution is 2.37. The van der Waals surface area contributed by atoms with Gasteiger partial charge in [-0.2, -0.15) is 9.61 Å². The Morgan fingerprint density at radius 2 is 1.91 bits per heavy atom. The summed E-state index contributed by atoms with van der Waals surface area (Å²) in [6, 6.07) is 9.98. The normalized spacial score (nSPS) is 17.3. The van der Waals surface area contributed by atoms with Crippen LogP contribution in [0.3, 0.4) is 0 Å². The van der Waals surface area contributed by atoms with Gasteiger partial charge in [-0.25, -0.2) is 14.5 Å². The van der Waals surface area contributed by atoms with Crippen molar-refractivity contribution in [2.24, 2.45) is 5.92 Å². The molecule has 0 aliphatic carbocycles. The van der Waals surface area contributed by atoms with Gasteiger partial charge in [-0.3, -0.25) is 0 Å². The lowest BCUT2D eigenvalue weighted by Crippen LogP contribution is -2.45. The summed E-state index contributed by atoms with van der Waals surface area (Å²) in [6.45, 7) is 10.9. The van der Waals surface area contributed by atoms with Crippen LogP contribution in [0.15, 0.2) is 54.9 Å². The van der Waals surface area contributed by atoms with Gasteiger partial charge in [0, 0.05) is 37.5 Å². The molecule has 1 saturated heterocycles. The van der Waals surface area contributed by atoms with E-state index in [1.165, 1.54) is 7.11 Å². The first-order valence-electron chi connectivity index (χ1n) is 15.6. The fourth-order valence-corrected chi connectivity index (χ4v) is 5.94. The lowest BCUT2D eigenvalue weighted by molar-refractivity contribution is -0.155.